The van der Waals surface area contributed by atoms with Gasteiger partial charge in [-0.25, -0.2) is 8.78 Å². The minimum Gasteiger partial charge on any atom is -0.497 e. The fourth-order valence-electron chi connectivity index (χ4n) is 2.98. The molecule has 32 heavy (non-hydrogen) atoms. The number of halogens is 2. The minimum atomic E-state index is -0.717. The van der Waals surface area contributed by atoms with Gasteiger partial charge in [-0.05, 0) is 36.4 Å². The maximum Gasteiger partial charge on any atom is 0.234 e. The van der Waals surface area contributed by atoms with Crippen molar-refractivity contribution in [1.29, 1.82) is 0 Å². The number of rotatable bonds is 8. The zero-order valence-corrected chi connectivity index (χ0v) is 17.7. The van der Waals surface area contributed by atoms with Crippen molar-refractivity contribution in [3.8, 4) is 17.1 Å². The first-order valence-electron chi connectivity index (χ1n) is 9.51. The van der Waals surface area contributed by atoms with Crippen LogP contribution in [0.3, 0.4) is 0 Å². The highest BCUT2D eigenvalue weighted by atomic mass is 32.2. The van der Waals surface area contributed by atoms with Crippen molar-refractivity contribution < 1.29 is 22.7 Å². The molecule has 4 aromatic rings. The SMILES string of the molecule is COc1cccc(-c2nnc(SCC(=O)Nc3cc(F)ccc3F)n2Cc2ccco2)c1. The summed E-state index contributed by atoms with van der Waals surface area (Å²) in [5.41, 5.74) is 0.561. The Morgan fingerprint density at radius 2 is 2.03 bits per heavy atom. The lowest BCUT2D eigenvalue weighted by Gasteiger charge is -2.10. The summed E-state index contributed by atoms with van der Waals surface area (Å²) in [5.74, 6) is -0.0247. The zero-order valence-electron chi connectivity index (χ0n) is 16.9. The lowest BCUT2D eigenvalue weighted by molar-refractivity contribution is -0.113. The Bertz CT molecular complexity index is 1230. The number of benzene rings is 2. The Morgan fingerprint density at radius 1 is 1.16 bits per heavy atom. The van der Waals surface area contributed by atoms with E-state index in [1.165, 1.54) is 0 Å². The third-order valence-corrected chi connectivity index (χ3v) is 5.44. The molecule has 0 saturated carbocycles. The molecule has 0 spiro atoms. The molecule has 0 fully saturated rings. The van der Waals surface area contributed by atoms with E-state index in [-0.39, 0.29) is 11.4 Å². The van der Waals surface area contributed by atoms with Gasteiger partial charge < -0.3 is 14.5 Å². The van der Waals surface area contributed by atoms with Crippen LogP contribution < -0.4 is 10.1 Å². The van der Waals surface area contributed by atoms with E-state index in [9.17, 15) is 13.6 Å². The van der Waals surface area contributed by atoms with Gasteiger partial charge in [-0.15, -0.1) is 10.2 Å². The number of carbonyl (C=O) groups excluding carboxylic acids is 1. The Labute approximate surface area is 186 Å². The van der Waals surface area contributed by atoms with E-state index >= 15 is 0 Å². The highest BCUT2D eigenvalue weighted by Crippen LogP contribution is 2.28. The Kier molecular flexibility index (Phi) is 6.50. The van der Waals surface area contributed by atoms with Gasteiger partial charge in [0, 0.05) is 11.6 Å². The molecule has 164 valence electrons. The molecule has 0 aliphatic rings. The standard InChI is InChI=1S/C22H18F2N4O3S/c1-30-16-5-2-4-14(10-16)21-26-27-22(28(21)12-17-6-3-9-31-17)32-13-20(29)25-19-11-15(23)7-8-18(19)24/h2-11H,12-13H2,1H3,(H,25,29). The number of nitrogens with one attached hydrogen (secondary N) is 1. The van der Waals surface area contributed by atoms with Gasteiger partial charge in [0.05, 0.1) is 31.4 Å². The molecule has 7 nitrogen and oxygen atoms in total. The topological polar surface area (TPSA) is 82.2 Å². The van der Waals surface area contributed by atoms with Crippen molar-refractivity contribution in [1.82, 2.24) is 14.8 Å². The molecule has 2 heterocycles. The maximum atomic E-state index is 13.8. The average Bonchev–Trinajstić information content (AvgIpc) is 3.45. The van der Waals surface area contributed by atoms with Crippen LogP contribution >= 0.6 is 11.8 Å². The third-order valence-electron chi connectivity index (χ3n) is 4.47. The summed E-state index contributed by atoms with van der Waals surface area (Å²) in [7, 11) is 1.58. The molecule has 0 saturated heterocycles. The summed E-state index contributed by atoms with van der Waals surface area (Å²) < 4.78 is 39.7. The van der Waals surface area contributed by atoms with Crippen LogP contribution in [-0.4, -0.2) is 33.5 Å². The van der Waals surface area contributed by atoms with E-state index in [2.05, 4.69) is 15.5 Å². The largest absolute Gasteiger partial charge is 0.497 e. The molecule has 0 radical (unpaired) electrons. The van der Waals surface area contributed by atoms with Crippen LogP contribution in [-0.2, 0) is 11.3 Å². The summed E-state index contributed by atoms with van der Waals surface area (Å²) in [5, 5.41) is 11.3. The Morgan fingerprint density at radius 3 is 2.81 bits per heavy atom. The third kappa shape index (κ3) is 4.97. The lowest BCUT2D eigenvalue weighted by atomic mass is 10.2. The zero-order chi connectivity index (χ0) is 22.5. The lowest BCUT2D eigenvalue weighted by Crippen LogP contribution is -2.16. The van der Waals surface area contributed by atoms with Gasteiger partial charge in [0.2, 0.25) is 5.91 Å². The smallest absolute Gasteiger partial charge is 0.234 e. The number of hydrogen-bond acceptors (Lipinski definition) is 6. The van der Waals surface area contributed by atoms with E-state index in [0.717, 1.165) is 35.5 Å². The number of amides is 1. The van der Waals surface area contributed by atoms with Crippen molar-refractivity contribution in [3.05, 3.63) is 78.3 Å². The van der Waals surface area contributed by atoms with Crippen molar-refractivity contribution in [2.24, 2.45) is 0 Å². The molecule has 2 aromatic carbocycles. The number of anilines is 1. The number of ether oxygens (including phenoxy) is 1. The van der Waals surface area contributed by atoms with Crippen molar-refractivity contribution in [2.75, 3.05) is 18.2 Å². The number of hydrogen-bond donors (Lipinski definition) is 1. The fourth-order valence-corrected chi connectivity index (χ4v) is 3.72. The van der Waals surface area contributed by atoms with Crippen LogP contribution in [0.2, 0.25) is 0 Å². The van der Waals surface area contributed by atoms with E-state index in [1.54, 1.807) is 19.4 Å². The van der Waals surface area contributed by atoms with E-state index in [1.807, 2.05) is 34.9 Å². The van der Waals surface area contributed by atoms with Crippen LogP contribution in [0.25, 0.3) is 11.4 Å². The summed E-state index contributed by atoms with van der Waals surface area (Å²) in [6, 6.07) is 13.8. The molecule has 0 aliphatic carbocycles. The second kappa shape index (κ2) is 9.65. The highest BCUT2D eigenvalue weighted by molar-refractivity contribution is 7.99. The van der Waals surface area contributed by atoms with E-state index < -0.39 is 17.5 Å². The van der Waals surface area contributed by atoms with Gasteiger partial charge in [0.25, 0.3) is 0 Å². The first-order chi connectivity index (χ1) is 15.5. The molecular weight excluding hydrogens is 438 g/mol. The van der Waals surface area contributed by atoms with Crippen LogP contribution in [0.1, 0.15) is 5.76 Å². The Balaban J connectivity index is 1.55. The second-order valence-electron chi connectivity index (χ2n) is 6.66. The molecule has 10 heteroatoms. The fraction of sp³-hybridized carbons (Fsp3) is 0.136. The minimum absolute atomic E-state index is 0.0790. The van der Waals surface area contributed by atoms with Gasteiger partial charge in [-0.1, -0.05) is 23.9 Å². The van der Waals surface area contributed by atoms with Crippen LogP contribution in [0.15, 0.2) is 70.4 Å². The van der Waals surface area contributed by atoms with Crippen LogP contribution in [0, 0.1) is 11.6 Å². The first-order valence-corrected chi connectivity index (χ1v) is 10.5. The predicted octanol–water partition coefficient (Wildman–Crippen LogP) is 4.60. The summed E-state index contributed by atoms with van der Waals surface area (Å²) in [4.78, 5) is 12.3. The number of nitrogens with zero attached hydrogens (tertiary/aromatic N) is 3. The molecular formula is C22H18F2N4O3S. The monoisotopic (exact) mass is 456 g/mol. The van der Waals surface area contributed by atoms with Gasteiger partial charge in [-0.3, -0.25) is 9.36 Å². The average molecular weight is 456 g/mol. The number of thioether (sulfide) groups is 1. The van der Waals surface area contributed by atoms with Crippen molar-refractivity contribution in [2.45, 2.75) is 11.7 Å². The van der Waals surface area contributed by atoms with Crippen molar-refractivity contribution >= 4 is 23.4 Å². The first kappa shape index (κ1) is 21.6. The maximum absolute atomic E-state index is 13.8. The molecule has 1 N–H and O–H groups in total. The molecule has 0 aliphatic heterocycles. The summed E-state index contributed by atoms with van der Waals surface area (Å²) >= 11 is 1.12. The second-order valence-corrected chi connectivity index (χ2v) is 7.61. The van der Waals surface area contributed by atoms with E-state index in [0.29, 0.717) is 29.0 Å². The van der Waals surface area contributed by atoms with Gasteiger partial charge in [0.1, 0.15) is 23.1 Å². The summed E-state index contributed by atoms with van der Waals surface area (Å²) in [6.45, 7) is 0.342. The van der Waals surface area contributed by atoms with Gasteiger partial charge in [0.15, 0.2) is 11.0 Å². The number of methoxy groups -OCH3 is 1. The number of aromatic nitrogens is 3. The molecule has 0 atom stereocenters. The predicted molar refractivity (Wildman–Crippen MR) is 116 cm³/mol. The molecule has 0 bridgehead atoms. The van der Waals surface area contributed by atoms with Crippen molar-refractivity contribution in [3.63, 3.8) is 0 Å². The normalized spacial score (nSPS) is 10.8. The number of carbonyl (C=O) groups is 1. The molecule has 1 amide bonds. The van der Waals surface area contributed by atoms with Crippen LogP contribution in [0.5, 0.6) is 5.75 Å². The molecule has 0 unspecified atom stereocenters. The van der Waals surface area contributed by atoms with Gasteiger partial charge >= 0.3 is 0 Å². The van der Waals surface area contributed by atoms with Crippen LogP contribution in [0.4, 0.5) is 14.5 Å². The van der Waals surface area contributed by atoms with E-state index in [4.69, 9.17) is 9.15 Å². The molecule has 4 rings (SSSR count). The highest BCUT2D eigenvalue weighted by Gasteiger charge is 2.18. The van der Waals surface area contributed by atoms with Gasteiger partial charge in [-0.2, -0.15) is 0 Å². The Hall–Kier alpha value is -3.66. The number of furan rings is 1. The summed E-state index contributed by atoms with van der Waals surface area (Å²) in [6.07, 6.45) is 1.57. The quantitative estimate of drug-likeness (QED) is 0.390. The molecule has 2 aromatic heterocycles.